The Labute approximate surface area is 214 Å². The maximum absolute atomic E-state index is 13.3. The first-order chi connectivity index (χ1) is 17.7. The van der Waals surface area contributed by atoms with Gasteiger partial charge in [-0.05, 0) is 43.0 Å². The number of rotatable bonds is 4. The van der Waals surface area contributed by atoms with Gasteiger partial charge in [0.05, 0.1) is 5.71 Å². The highest BCUT2D eigenvalue weighted by atomic mass is 19.4. The van der Waals surface area contributed by atoms with Crippen molar-refractivity contribution >= 4 is 23.5 Å². The number of anilines is 1. The Hall–Kier alpha value is -3.36. The average molecular weight is 513 g/mol. The summed E-state index contributed by atoms with van der Waals surface area (Å²) in [4.78, 5) is 26.6. The fourth-order valence-electron chi connectivity index (χ4n) is 5.41. The van der Waals surface area contributed by atoms with Crippen molar-refractivity contribution in [3.63, 3.8) is 0 Å². The van der Waals surface area contributed by atoms with Gasteiger partial charge in [-0.2, -0.15) is 13.2 Å². The normalized spacial score (nSPS) is 24.4. The van der Waals surface area contributed by atoms with Crippen LogP contribution in [0.5, 0.6) is 0 Å². The molecule has 2 saturated heterocycles. The number of aromatic nitrogens is 1. The minimum Gasteiger partial charge on any atom is -0.388 e. The number of piperidine rings is 2. The lowest BCUT2D eigenvalue weighted by molar-refractivity contribution is -0.141. The summed E-state index contributed by atoms with van der Waals surface area (Å²) in [6, 6.07) is 12.3. The Bertz CT molecular complexity index is 1190. The highest BCUT2D eigenvalue weighted by Gasteiger charge is 2.48. The molecular formula is C28H31F3N4O2. The van der Waals surface area contributed by atoms with Gasteiger partial charge in [-0.15, -0.1) is 0 Å². The van der Waals surface area contributed by atoms with Crippen LogP contribution in [0.25, 0.3) is 6.08 Å². The molecule has 2 fully saturated rings. The number of amides is 1. The summed E-state index contributed by atoms with van der Waals surface area (Å²) in [7, 11) is 0. The van der Waals surface area contributed by atoms with E-state index in [1.807, 2.05) is 35.2 Å². The van der Waals surface area contributed by atoms with E-state index in [0.29, 0.717) is 44.6 Å². The second-order valence-electron chi connectivity index (χ2n) is 10.2. The van der Waals surface area contributed by atoms with E-state index >= 15 is 0 Å². The summed E-state index contributed by atoms with van der Waals surface area (Å²) < 4.78 is 40.0. The zero-order valence-electron chi connectivity index (χ0n) is 20.9. The summed E-state index contributed by atoms with van der Waals surface area (Å²) in [5.41, 5.74) is 1.14. The lowest BCUT2D eigenvalue weighted by Gasteiger charge is -2.42. The molecule has 0 aliphatic carbocycles. The van der Waals surface area contributed by atoms with Crippen LogP contribution in [0, 0.1) is 5.92 Å². The number of nitrogens with zero attached hydrogens (tertiary/aromatic N) is 4. The lowest BCUT2D eigenvalue weighted by Crippen LogP contribution is -2.52. The molecule has 1 spiro atoms. The van der Waals surface area contributed by atoms with Crippen LogP contribution in [-0.2, 0) is 15.8 Å². The number of halogens is 3. The molecule has 3 aliphatic rings. The molecule has 1 aromatic heterocycles. The number of hydrogen-bond acceptors (Lipinski definition) is 5. The molecule has 0 N–H and O–H groups in total. The third kappa shape index (κ3) is 5.36. The van der Waals surface area contributed by atoms with Crippen molar-refractivity contribution in [1.82, 2.24) is 9.88 Å². The van der Waals surface area contributed by atoms with Crippen LogP contribution < -0.4 is 4.90 Å². The number of pyridine rings is 1. The largest absolute Gasteiger partial charge is 0.433 e. The standard InChI is InChI=1S/C28H31F3N4O2/c1-20-19-35(17-14-27(20)18-23(33-37-27)21-8-4-2-5-9-21)25(36)13-11-22-10-12-24(28(29,30)31)32-26(22)34-15-6-3-7-16-34/h2,4-5,8-13,20H,3,6-7,14-19H2,1H3. The molecule has 196 valence electrons. The summed E-state index contributed by atoms with van der Waals surface area (Å²) >= 11 is 0. The van der Waals surface area contributed by atoms with Crippen molar-refractivity contribution in [3.05, 3.63) is 65.4 Å². The predicted molar refractivity (Wildman–Crippen MR) is 136 cm³/mol. The summed E-state index contributed by atoms with van der Waals surface area (Å²) in [6.45, 7) is 4.42. The van der Waals surface area contributed by atoms with Crippen LogP contribution in [0.2, 0.25) is 0 Å². The molecule has 37 heavy (non-hydrogen) atoms. The quantitative estimate of drug-likeness (QED) is 0.505. The zero-order valence-corrected chi connectivity index (χ0v) is 20.9. The van der Waals surface area contributed by atoms with Gasteiger partial charge in [0.2, 0.25) is 5.91 Å². The van der Waals surface area contributed by atoms with E-state index in [4.69, 9.17) is 4.84 Å². The van der Waals surface area contributed by atoms with Crippen molar-refractivity contribution in [2.24, 2.45) is 11.1 Å². The monoisotopic (exact) mass is 512 g/mol. The fraction of sp³-hybridized carbons (Fsp3) is 0.464. The number of hydrogen-bond donors (Lipinski definition) is 0. The average Bonchev–Trinajstić information content (AvgIpc) is 3.34. The van der Waals surface area contributed by atoms with Crippen molar-refractivity contribution in [1.29, 1.82) is 0 Å². The molecule has 1 aromatic carbocycles. The van der Waals surface area contributed by atoms with Crippen molar-refractivity contribution in [3.8, 4) is 0 Å². The predicted octanol–water partition coefficient (Wildman–Crippen LogP) is 5.54. The third-order valence-corrected chi connectivity index (χ3v) is 7.68. The van der Waals surface area contributed by atoms with Crippen molar-refractivity contribution in [2.75, 3.05) is 31.1 Å². The summed E-state index contributed by atoms with van der Waals surface area (Å²) in [5.74, 6) is 0.183. The second kappa shape index (κ2) is 10.2. The Balaban J connectivity index is 1.27. The number of carbonyl (C=O) groups is 1. The first kappa shape index (κ1) is 25.3. The molecule has 2 unspecified atom stereocenters. The molecule has 3 aliphatic heterocycles. The van der Waals surface area contributed by atoms with E-state index in [1.165, 1.54) is 12.1 Å². The first-order valence-electron chi connectivity index (χ1n) is 12.9. The minimum atomic E-state index is -4.52. The van der Waals surface area contributed by atoms with Crippen LogP contribution in [0.4, 0.5) is 19.0 Å². The van der Waals surface area contributed by atoms with E-state index in [-0.39, 0.29) is 17.6 Å². The molecule has 9 heteroatoms. The smallest absolute Gasteiger partial charge is 0.388 e. The van der Waals surface area contributed by atoms with Gasteiger partial charge >= 0.3 is 6.18 Å². The lowest BCUT2D eigenvalue weighted by atomic mass is 9.78. The third-order valence-electron chi connectivity index (χ3n) is 7.68. The molecule has 1 amide bonds. The maximum Gasteiger partial charge on any atom is 0.433 e. The van der Waals surface area contributed by atoms with Gasteiger partial charge in [-0.1, -0.05) is 42.4 Å². The van der Waals surface area contributed by atoms with Gasteiger partial charge in [0, 0.05) is 56.6 Å². The fourth-order valence-corrected chi connectivity index (χ4v) is 5.41. The zero-order chi connectivity index (χ0) is 26.0. The Morgan fingerprint density at radius 2 is 1.84 bits per heavy atom. The van der Waals surface area contributed by atoms with Gasteiger partial charge in [0.1, 0.15) is 17.1 Å². The molecule has 2 aromatic rings. The van der Waals surface area contributed by atoms with E-state index in [0.717, 1.165) is 36.6 Å². The highest BCUT2D eigenvalue weighted by molar-refractivity contribution is 6.01. The van der Waals surface area contributed by atoms with E-state index < -0.39 is 17.5 Å². The van der Waals surface area contributed by atoms with Gasteiger partial charge in [-0.3, -0.25) is 4.79 Å². The van der Waals surface area contributed by atoms with Crippen LogP contribution in [0.15, 0.2) is 53.7 Å². The van der Waals surface area contributed by atoms with E-state index in [1.54, 1.807) is 11.0 Å². The number of carbonyl (C=O) groups excluding carboxylic acids is 1. The summed E-state index contributed by atoms with van der Waals surface area (Å²) in [6.07, 6.45) is 2.75. The number of benzene rings is 1. The molecular weight excluding hydrogens is 481 g/mol. The molecule has 0 radical (unpaired) electrons. The van der Waals surface area contributed by atoms with Gasteiger partial charge in [0.25, 0.3) is 0 Å². The maximum atomic E-state index is 13.3. The second-order valence-corrected chi connectivity index (χ2v) is 10.2. The Kier molecular flexibility index (Phi) is 6.96. The SMILES string of the molecule is CC1CN(C(=O)C=Cc2ccc(C(F)(F)F)nc2N2CCCCC2)CCC12CC(c1ccccc1)=NO2. The minimum absolute atomic E-state index is 0.0696. The molecule has 0 bridgehead atoms. The van der Waals surface area contributed by atoms with E-state index in [9.17, 15) is 18.0 Å². The highest BCUT2D eigenvalue weighted by Crippen LogP contribution is 2.40. The number of likely N-dealkylation sites (tertiary alicyclic amines) is 1. The number of alkyl halides is 3. The topological polar surface area (TPSA) is 58.0 Å². The molecule has 4 heterocycles. The molecule has 2 atom stereocenters. The summed E-state index contributed by atoms with van der Waals surface area (Å²) in [5, 5.41) is 4.37. The van der Waals surface area contributed by atoms with Crippen LogP contribution in [0.3, 0.4) is 0 Å². The Morgan fingerprint density at radius 1 is 1.08 bits per heavy atom. The van der Waals surface area contributed by atoms with Crippen LogP contribution in [0.1, 0.15) is 55.8 Å². The Morgan fingerprint density at radius 3 is 2.54 bits per heavy atom. The van der Waals surface area contributed by atoms with Crippen LogP contribution in [-0.4, -0.2) is 53.3 Å². The van der Waals surface area contributed by atoms with Gasteiger partial charge in [0.15, 0.2) is 0 Å². The molecule has 6 nitrogen and oxygen atoms in total. The van der Waals surface area contributed by atoms with Gasteiger partial charge in [-0.25, -0.2) is 4.98 Å². The van der Waals surface area contributed by atoms with Crippen molar-refractivity contribution in [2.45, 2.75) is 50.8 Å². The number of oxime groups is 1. The first-order valence-corrected chi connectivity index (χ1v) is 12.9. The molecule has 0 saturated carbocycles. The van der Waals surface area contributed by atoms with Crippen molar-refractivity contribution < 1.29 is 22.8 Å². The van der Waals surface area contributed by atoms with Crippen LogP contribution >= 0.6 is 0 Å². The van der Waals surface area contributed by atoms with Gasteiger partial charge < -0.3 is 14.6 Å². The molecule has 5 rings (SSSR count). The van der Waals surface area contributed by atoms with E-state index in [2.05, 4.69) is 17.1 Å².